The largest absolute Gasteiger partial charge is 0.378 e. The molecule has 1 aromatic rings. The zero-order valence-corrected chi connectivity index (χ0v) is 32.2. The molecule has 1 saturated carbocycles. The number of fused-ring (bicyclic) bond motifs is 6. The molecular weight excluding hydrogens is 627 g/mol. The third-order valence-electron chi connectivity index (χ3n) is 15.5. The van der Waals surface area contributed by atoms with Crippen molar-refractivity contribution in [1.29, 1.82) is 0 Å². The summed E-state index contributed by atoms with van der Waals surface area (Å²) in [6, 6.07) is 10.4. The van der Waals surface area contributed by atoms with Crippen LogP contribution in [0, 0.1) is 16.7 Å². The summed E-state index contributed by atoms with van der Waals surface area (Å²) in [6.45, 7) is 5.17. The van der Waals surface area contributed by atoms with E-state index >= 15 is 0 Å². The third-order valence-corrected chi connectivity index (χ3v) is 15.5. The maximum atomic E-state index is 4.06. The highest BCUT2D eigenvalue weighted by Crippen LogP contribution is 2.69. The molecule has 1 fully saturated rings. The first-order valence-electron chi connectivity index (χ1n) is 21.8. The maximum absolute atomic E-state index is 4.06. The SMILES string of the molecule is CC1(C)C2=C(C=CC(c3ccc(C4C=C(C5=CCCC=C5)NC(C5=CCCCC5)CC4)cc3)C2)C2=C1CCC1=C2C2(CCCCC2)C2CCCC=C12. The lowest BCUT2D eigenvalue weighted by Gasteiger charge is -2.44. The lowest BCUT2D eigenvalue weighted by molar-refractivity contribution is 0.168. The van der Waals surface area contributed by atoms with Crippen molar-refractivity contribution in [1.82, 2.24) is 5.32 Å². The van der Waals surface area contributed by atoms with Gasteiger partial charge in [0.2, 0.25) is 0 Å². The predicted octanol–water partition coefficient (Wildman–Crippen LogP) is 13.6. The fraction of sp³-hybridized carbons (Fsp3) is 0.529. The average Bonchev–Trinajstić information content (AvgIpc) is 3.45. The van der Waals surface area contributed by atoms with Crippen LogP contribution in [0.15, 0.2) is 129 Å². The van der Waals surface area contributed by atoms with E-state index in [-0.39, 0.29) is 5.41 Å². The van der Waals surface area contributed by atoms with Crippen LogP contribution in [0.2, 0.25) is 0 Å². The number of allylic oxidation sites excluding steroid dienone is 15. The minimum Gasteiger partial charge on any atom is -0.378 e. The number of rotatable bonds is 4. The first kappa shape index (κ1) is 33.3. The first-order chi connectivity index (χ1) is 25.5. The summed E-state index contributed by atoms with van der Waals surface area (Å²) in [5, 5.41) is 4.06. The summed E-state index contributed by atoms with van der Waals surface area (Å²) in [6.07, 6.45) is 45.1. The van der Waals surface area contributed by atoms with Gasteiger partial charge >= 0.3 is 0 Å². The van der Waals surface area contributed by atoms with E-state index in [4.69, 9.17) is 0 Å². The van der Waals surface area contributed by atoms with Gasteiger partial charge in [0.05, 0.1) is 0 Å². The molecule has 0 amide bonds. The van der Waals surface area contributed by atoms with Crippen LogP contribution in [0.1, 0.15) is 159 Å². The molecule has 4 unspecified atom stereocenters. The van der Waals surface area contributed by atoms with E-state index in [0.29, 0.717) is 23.3 Å². The minimum atomic E-state index is 0.158. The van der Waals surface area contributed by atoms with Gasteiger partial charge in [-0.15, -0.1) is 0 Å². The number of hydrogen-bond acceptors (Lipinski definition) is 1. The van der Waals surface area contributed by atoms with Gasteiger partial charge in [0.15, 0.2) is 0 Å². The molecule has 1 aliphatic heterocycles. The van der Waals surface area contributed by atoms with Crippen molar-refractivity contribution in [2.45, 2.75) is 154 Å². The molecule has 1 N–H and O–H groups in total. The van der Waals surface area contributed by atoms with Crippen molar-refractivity contribution in [3.63, 3.8) is 0 Å². The molecule has 1 nitrogen and oxygen atoms in total. The number of nitrogens with one attached hydrogen (secondary N) is 1. The minimum absolute atomic E-state index is 0.158. The van der Waals surface area contributed by atoms with Gasteiger partial charge in [-0.3, -0.25) is 0 Å². The van der Waals surface area contributed by atoms with Crippen LogP contribution in [0.3, 0.4) is 0 Å². The molecule has 0 radical (unpaired) electrons. The summed E-state index contributed by atoms with van der Waals surface area (Å²) >= 11 is 0. The van der Waals surface area contributed by atoms with Crippen LogP contribution in [0.4, 0.5) is 0 Å². The molecule has 4 atom stereocenters. The van der Waals surface area contributed by atoms with Gasteiger partial charge in [-0.25, -0.2) is 0 Å². The molecule has 1 aromatic carbocycles. The Labute approximate surface area is 314 Å². The summed E-state index contributed by atoms with van der Waals surface area (Å²) in [5.41, 5.74) is 20.3. The molecule has 0 bridgehead atoms. The molecule has 9 aliphatic rings. The van der Waals surface area contributed by atoms with Crippen LogP contribution < -0.4 is 5.32 Å². The van der Waals surface area contributed by atoms with Crippen LogP contribution in [-0.2, 0) is 0 Å². The van der Waals surface area contributed by atoms with Crippen molar-refractivity contribution in [3.05, 3.63) is 140 Å². The van der Waals surface area contributed by atoms with Gasteiger partial charge in [-0.1, -0.05) is 123 Å². The second kappa shape index (κ2) is 13.2. The van der Waals surface area contributed by atoms with Gasteiger partial charge in [-0.05, 0) is 153 Å². The number of hydrogen-bond donors (Lipinski definition) is 1. The van der Waals surface area contributed by atoms with Crippen molar-refractivity contribution in [2.24, 2.45) is 16.7 Å². The topological polar surface area (TPSA) is 12.0 Å². The average molecular weight is 688 g/mol. The Morgan fingerprint density at radius 2 is 1.52 bits per heavy atom. The van der Waals surface area contributed by atoms with Crippen molar-refractivity contribution >= 4 is 0 Å². The molecule has 1 spiro atoms. The highest BCUT2D eigenvalue weighted by atomic mass is 14.9. The molecule has 1 heterocycles. The molecule has 270 valence electrons. The second-order valence-corrected chi connectivity index (χ2v) is 18.5. The second-order valence-electron chi connectivity index (χ2n) is 18.5. The summed E-state index contributed by atoms with van der Waals surface area (Å²) in [4.78, 5) is 0. The molecule has 1 heteroatoms. The Bertz CT molecular complexity index is 1910. The zero-order valence-electron chi connectivity index (χ0n) is 32.2. The van der Waals surface area contributed by atoms with Gasteiger partial charge in [0.25, 0.3) is 0 Å². The molecule has 0 aromatic heterocycles. The van der Waals surface area contributed by atoms with Crippen LogP contribution in [0.25, 0.3) is 0 Å². The van der Waals surface area contributed by atoms with E-state index in [9.17, 15) is 0 Å². The fourth-order valence-electron chi connectivity index (χ4n) is 12.9. The molecule has 52 heavy (non-hydrogen) atoms. The Hall–Kier alpha value is -3.32. The lowest BCUT2D eigenvalue weighted by atomic mass is 9.59. The fourth-order valence-corrected chi connectivity index (χ4v) is 12.9. The van der Waals surface area contributed by atoms with Gasteiger partial charge in [-0.2, -0.15) is 0 Å². The van der Waals surface area contributed by atoms with Gasteiger partial charge in [0.1, 0.15) is 0 Å². The quantitative estimate of drug-likeness (QED) is 0.311. The lowest BCUT2D eigenvalue weighted by Crippen LogP contribution is -2.34. The van der Waals surface area contributed by atoms with Crippen LogP contribution in [0.5, 0.6) is 0 Å². The highest BCUT2D eigenvalue weighted by Gasteiger charge is 2.56. The molecular formula is C51H61N. The van der Waals surface area contributed by atoms with E-state index in [1.165, 1.54) is 138 Å². The number of benzene rings is 1. The predicted molar refractivity (Wildman–Crippen MR) is 218 cm³/mol. The van der Waals surface area contributed by atoms with Crippen molar-refractivity contribution in [3.8, 4) is 0 Å². The van der Waals surface area contributed by atoms with Gasteiger partial charge in [0, 0.05) is 34.4 Å². The van der Waals surface area contributed by atoms with Crippen molar-refractivity contribution < 1.29 is 0 Å². The normalized spacial score (nSPS) is 31.9. The Morgan fingerprint density at radius 1 is 0.692 bits per heavy atom. The monoisotopic (exact) mass is 687 g/mol. The van der Waals surface area contributed by atoms with E-state index in [1.807, 2.05) is 11.1 Å². The highest BCUT2D eigenvalue weighted by molar-refractivity contribution is 5.73. The molecule has 0 saturated heterocycles. The third kappa shape index (κ3) is 5.37. The summed E-state index contributed by atoms with van der Waals surface area (Å²) in [5.74, 6) is 1.70. The van der Waals surface area contributed by atoms with Crippen LogP contribution >= 0.6 is 0 Å². The Morgan fingerprint density at radius 3 is 2.31 bits per heavy atom. The van der Waals surface area contributed by atoms with Crippen molar-refractivity contribution in [2.75, 3.05) is 0 Å². The summed E-state index contributed by atoms with van der Waals surface area (Å²) < 4.78 is 0. The maximum Gasteiger partial charge on any atom is 0.0474 e. The van der Waals surface area contributed by atoms with E-state index in [2.05, 4.69) is 92.0 Å². The van der Waals surface area contributed by atoms with Crippen LogP contribution in [-0.4, -0.2) is 6.04 Å². The standard InChI is InChI=1S/C51H61N/c1-50(2)44-28-27-41-40-18-10-11-19-43(40)51(30-12-5-13-31-51)49(41)48(44)42-26-24-38(32-45(42)50)34-20-22-35(23-21-34)39-25-29-46(36-14-6-3-7-15-36)52-47(33-39)37-16-8-4-9-17-37/h8,14,16-18,20-24,26,33,38-39,43,46,52H,3-7,9-13,15,19,25,27-32H2,1-2H3. The Kier molecular flexibility index (Phi) is 8.45. The zero-order chi connectivity index (χ0) is 34.9. The molecule has 10 rings (SSSR count). The summed E-state index contributed by atoms with van der Waals surface area (Å²) in [7, 11) is 0. The van der Waals surface area contributed by atoms with Gasteiger partial charge < -0.3 is 5.32 Å². The van der Waals surface area contributed by atoms with E-state index < -0.39 is 0 Å². The molecule has 8 aliphatic carbocycles. The first-order valence-corrected chi connectivity index (χ1v) is 21.8. The van der Waals surface area contributed by atoms with E-state index in [0.717, 1.165) is 12.3 Å². The Balaban J connectivity index is 0.928. The van der Waals surface area contributed by atoms with E-state index in [1.54, 1.807) is 33.4 Å². The smallest absolute Gasteiger partial charge is 0.0474 e.